The summed E-state index contributed by atoms with van der Waals surface area (Å²) < 4.78 is 15.9. The molecular weight excluding hydrogens is 469 g/mol. The lowest BCUT2D eigenvalue weighted by molar-refractivity contribution is -0.113. The van der Waals surface area contributed by atoms with E-state index >= 15 is 0 Å². The van der Waals surface area contributed by atoms with E-state index in [4.69, 9.17) is 0 Å². The van der Waals surface area contributed by atoms with Gasteiger partial charge in [-0.3, -0.25) is 14.3 Å². The standard InChI is InChI=1S/C21H15BrFN5OS/c22-15-3-9-18(10-4-15)28-20(14-2-1-11-24-12-14)26-27-21(28)30-13-19(29)25-17-7-5-16(23)6-8-17/h1-12H,13H2,(H,25,29). The van der Waals surface area contributed by atoms with Gasteiger partial charge in [0.05, 0.1) is 5.75 Å². The van der Waals surface area contributed by atoms with E-state index in [0.717, 1.165) is 15.7 Å². The topological polar surface area (TPSA) is 72.7 Å². The van der Waals surface area contributed by atoms with Gasteiger partial charge in [-0.1, -0.05) is 27.7 Å². The van der Waals surface area contributed by atoms with Crippen LogP contribution < -0.4 is 5.32 Å². The molecule has 30 heavy (non-hydrogen) atoms. The summed E-state index contributed by atoms with van der Waals surface area (Å²) in [5.41, 5.74) is 2.21. The van der Waals surface area contributed by atoms with Crippen molar-refractivity contribution < 1.29 is 9.18 Å². The Bertz CT molecular complexity index is 1150. The predicted octanol–water partition coefficient (Wildman–Crippen LogP) is 4.96. The molecule has 0 aliphatic heterocycles. The third-order valence-corrected chi connectivity index (χ3v) is 5.56. The van der Waals surface area contributed by atoms with Crippen molar-refractivity contribution in [2.75, 3.05) is 11.1 Å². The van der Waals surface area contributed by atoms with Crippen LogP contribution in [-0.2, 0) is 4.79 Å². The second kappa shape index (κ2) is 9.19. The average Bonchev–Trinajstić information content (AvgIpc) is 3.19. The summed E-state index contributed by atoms with van der Waals surface area (Å²) in [7, 11) is 0. The SMILES string of the molecule is O=C(CSc1nnc(-c2cccnc2)n1-c1ccc(Br)cc1)Nc1ccc(F)cc1. The van der Waals surface area contributed by atoms with Crippen molar-refractivity contribution >= 4 is 39.3 Å². The lowest BCUT2D eigenvalue weighted by Gasteiger charge is -2.10. The van der Waals surface area contributed by atoms with E-state index in [1.54, 1.807) is 12.4 Å². The first-order valence-corrected chi connectivity index (χ1v) is 10.7. The Morgan fingerprint density at radius 2 is 1.83 bits per heavy atom. The monoisotopic (exact) mass is 483 g/mol. The van der Waals surface area contributed by atoms with Gasteiger partial charge in [0.25, 0.3) is 0 Å². The van der Waals surface area contributed by atoms with Gasteiger partial charge in [-0.25, -0.2) is 4.39 Å². The number of carbonyl (C=O) groups is 1. The molecule has 150 valence electrons. The number of aromatic nitrogens is 4. The summed E-state index contributed by atoms with van der Waals surface area (Å²) in [5.74, 6) is 0.179. The Morgan fingerprint density at radius 3 is 2.53 bits per heavy atom. The fourth-order valence-electron chi connectivity index (χ4n) is 2.73. The zero-order valence-electron chi connectivity index (χ0n) is 15.5. The van der Waals surface area contributed by atoms with Crippen LogP contribution in [0.15, 0.2) is 82.7 Å². The second-order valence-corrected chi connectivity index (χ2v) is 8.06. The van der Waals surface area contributed by atoms with Crippen LogP contribution in [0.25, 0.3) is 17.1 Å². The van der Waals surface area contributed by atoms with Crippen molar-refractivity contribution in [2.24, 2.45) is 0 Å². The Labute approximate surface area is 184 Å². The molecule has 0 radical (unpaired) electrons. The van der Waals surface area contributed by atoms with Crippen LogP contribution in [0, 0.1) is 5.82 Å². The molecule has 1 amide bonds. The highest BCUT2D eigenvalue weighted by Crippen LogP contribution is 2.28. The molecule has 9 heteroatoms. The van der Waals surface area contributed by atoms with E-state index in [1.165, 1.54) is 36.0 Å². The predicted molar refractivity (Wildman–Crippen MR) is 118 cm³/mol. The Hall–Kier alpha value is -3.04. The molecule has 1 N–H and O–H groups in total. The number of carbonyl (C=O) groups excluding carboxylic acids is 1. The molecule has 0 saturated carbocycles. The zero-order chi connectivity index (χ0) is 20.9. The molecule has 0 atom stereocenters. The molecule has 4 rings (SSSR count). The van der Waals surface area contributed by atoms with Crippen LogP contribution in [0.2, 0.25) is 0 Å². The number of halogens is 2. The number of thioether (sulfide) groups is 1. The maximum Gasteiger partial charge on any atom is 0.234 e. The normalized spacial score (nSPS) is 10.7. The smallest absolute Gasteiger partial charge is 0.234 e. The highest BCUT2D eigenvalue weighted by atomic mass is 79.9. The first-order chi connectivity index (χ1) is 14.6. The van der Waals surface area contributed by atoms with Crippen molar-refractivity contribution in [3.05, 3.63) is 83.3 Å². The Balaban J connectivity index is 1.58. The third-order valence-electron chi connectivity index (χ3n) is 4.10. The van der Waals surface area contributed by atoms with E-state index in [-0.39, 0.29) is 17.5 Å². The number of pyridine rings is 1. The van der Waals surface area contributed by atoms with Gasteiger partial charge in [0.15, 0.2) is 11.0 Å². The van der Waals surface area contributed by atoms with Gasteiger partial charge in [-0.2, -0.15) is 0 Å². The summed E-state index contributed by atoms with van der Waals surface area (Å²) >= 11 is 4.71. The van der Waals surface area contributed by atoms with E-state index in [1.807, 2.05) is 41.0 Å². The van der Waals surface area contributed by atoms with Crippen LogP contribution >= 0.6 is 27.7 Å². The fraction of sp³-hybridized carbons (Fsp3) is 0.0476. The number of nitrogens with one attached hydrogen (secondary N) is 1. The van der Waals surface area contributed by atoms with Gasteiger partial charge in [-0.05, 0) is 60.7 Å². The zero-order valence-corrected chi connectivity index (χ0v) is 17.9. The van der Waals surface area contributed by atoms with Gasteiger partial charge < -0.3 is 5.32 Å². The van der Waals surface area contributed by atoms with Crippen molar-refractivity contribution in [1.29, 1.82) is 0 Å². The second-order valence-electron chi connectivity index (χ2n) is 6.20. The van der Waals surface area contributed by atoms with Crippen molar-refractivity contribution in [3.63, 3.8) is 0 Å². The number of hydrogen-bond donors (Lipinski definition) is 1. The molecule has 6 nitrogen and oxygen atoms in total. The summed E-state index contributed by atoms with van der Waals surface area (Å²) in [4.78, 5) is 16.5. The molecule has 0 aliphatic rings. The van der Waals surface area contributed by atoms with Gasteiger partial charge >= 0.3 is 0 Å². The first-order valence-electron chi connectivity index (χ1n) is 8.90. The summed E-state index contributed by atoms with van der Waals surface area (Å²) in [5, 5.41) is 11.9. The molecule has 2 aromatic heterocycles. The number of nitrogens with zero attached hydrogens (tertiary/aromatic N) is 4. The third kappa shape index (κ3) is 4.74. The molecule has 0 fully saturated rings. The van der Waals surface area contributed by atoms with Crippen LogP contribution in [0.5, 0.6) is 0 Å². The van der Waals surface area contributed by atoms with Crippen molar-refractivity contribution in [1.82, 2.24) is 19.7 Å². The minimum Gasteiger partial charge on any atom is -0.325 e. The number of anilines is 1. The first kappa shape index (κ1) is 20.2. The molecule has 0 unspecified atom stereocenters. The molecule has 4 aromatic rings. The molecule has 2 heterocycles. The van der Waals surface area contributed by atoms with E-state index in [9.17, 15) is 9.18 Å². The molecule has 0 aliphatic carbocycles. The minimum absolute atomic E-state index is 0.124. The van der Waals surface area contributed by atoms with Crippen LogP contribution in [0.3, 0.4) is 0 Å². The van der Waals surface area contributed by atoms with Gasteiger partial charge in [0.1, 0.15) is 5.82 Å². The summed E-state index contributed by atoms with van der Waals surface area (Å²) in [6, 6.07) is 17.1. The molecule has 0 saturated heterocycles. The lowest BCUT2D eigenvalue weighted by atomic mass is 10.2. The quantitative estimate of drug-likeness (QED) is 0.392. The van der Waals surface area contributed by atoms with Crippen LogP contribution in [0.1, 0.15) is 0 Å². The van der Waals surface area contributed by atoms with Crippen molar-refractivity contribution in [2.45, 2.75) is 5.16 Å². The lowest BCUT2D eigenvalue weighted by Crippen LogP contribution is -2.14. The largest absolute Gasteiger partial charge is 0.325 e. The Morgan fingerprint density at radius 1 is 1.07 bits per heavy atom. The van der Waals surface area contributed by atoms with E-state index < -0.39 is 0 Å². The number of amides is 1. The summed E-state index contributed by atoms with van der Waals surface area (Å²) in [6.07, 6.45) is 3.41. The van der Waals surface area contributed by atoms with Gasteiger partial charge in [0, 0.05) is 33.8 Å². The van der Waals surface area contributed by atoms with Crippen molar-refractivity contribution in [3.8, 4) is 17.1 Å². The Kier molecular flexibility index (Phi) is 6.20. The van der Waals surface area contributed by atoms with E-state index in [0.29, 0.717) is 16.7 Å². The van der Waals surface area contributed by atoms with Crippen LogP contribution in [0.4, 0.5) is 10.1 Å². The number of hydrogen-bond acceptors (Lipinski definition) is 5. The van der Waals surface area contributed by atoms with E-state index in [2.05, 4.69) is 36.4 Å². The average molecular weight is 484 g/mol. The molecule has 2 aromatic carbocycles. The minimum atomic E-state index is -0.354. The molecule has 0 bridgehead atoms. The maximum atomic E-state index is 13.0. The highest BCUT2D eigenvalue weighted by Gasteiger charge is 2.17. The highest BCUT2D eigenvalue weighted by molar-refractivity contribution is 9.10. The van der Waals surface area contributed by atoms with Gasteiger partial charge in [0.2, 0.25) is 5.91 Å². The van der Waals surface area contributed by atoms with Crippen LogP contribution in [-0.4, -0.2) is 31.4 Å². The number of rotatable bonds is 6. The molecular formula is C21H15BrFN5OS. The molecule has 0 spiro atoms. The fourth-order valence-corrected chi connectivity index (χ4v) is 3.74. The maximum absolute atomic E-state index is 13.0. The number of benzene rings is 2. The van der Waals surface area contributed by atoms with Gasteiger partial charge in [-0.15, -0.1) is 10.2 Å². The summed E-state index contributed by atoms with van der Waals surface area (Å²) in [6.45, 7) is 0.